The third kappa shape index (κ3) is 25.1. The van der Waals surface area contributed by atoms with Crippen molar-refractivity contribution in [1.82, 2.24) is 9.97 Å². The van der Waals surface area contributed by atoms with E-state index in [2.05, 4.69) is 131 Å². The Kier molecular flexibility index (Phi) is 16.6. The molecule has 0 atom stereocenters. The van der Waals surface area contributed by atoms with Crippen LogP contribution in [0.3, 0.4) is 0 Å². The molecule has 0 aliphatic rings. The molecule has 56 heavy (non-hydrogen) atoms. The molecule has 0 saturated heterocycles. The van der Waals surface area contributed by atoms with Gasteiger partial charge in [-0.3, -0.25) is 9.97 Å². The van der Waals surface area contributed by atoms with Crippen molar-refractivity contribution in [1.29, 1.82) is 0 Å². The first-order valence-corrected chi connectivity index (χ1v) is 23.1. The molecule has 4 aromatic carbocycles. The summed E-state index contributed by atoms with van der Waals surface area (Å²) < 4.78 is 118. The number of aromatic nitrogens is 2. The number of rotatable bonds is 9. The van der Waals surface area contributed by atoms with Crippen molar-refractivity contribution < 1.29 is 70.8 Å². The molecule has 2 aromatic heterocycles. The Morgan fingerprint density at radius 3 is 0.750 bits per heavy atom. The summed E-state index contributed by atoms with van der Waals surface area (Å²) in [6.07, 6.45) is 7.25. The summed E-state index contributed by atoms with van der Waals surface area (Å²) in [6, 6.07) is 55.9. The minimum atomic E-state index is -10.7. The van der Waals surface area contributed by atoms with Gasteiger partial charge in [-0.15, -0.1) is 0 Å². The molecular weight excluding hydrogens is 931 g/mol. The smallest absolute Gasteiger partial charge is 0.255 e. The molecule has 0 bridgehead atoms. The molecule has 0 radical (unpaired) electrons. The van der Waals surface area contributed by atoms with Crippen molar-refractivity contribution in [2.45, 2.75) is 6.42 Å². The fourth-order valence-electron chi connectivity index (χ4n) is 4.66. The SMILES string of the molecule is F[P-](F)(F)(F)(F)F.F[P-](F)(F)(F)(F)F.[Pd+2].c1ccc(-c2ccccn2)nc1.c1ccc(P(CCCP(c2ccccc2)c2ccccc2)c2ccccc2)cc1. The Bertz CT molecular complexity index is 1760. The summed E-state index contributed by atoms with van der Waals surface area (Å²) >= 11 is 0. The van der Waals surface area contributed by atoms with Crippen LogP contribution >= 0.6 is 31.5 Å². The average molecular weight is 965 g/mol. The summed E-state index contributed by atoms with van der Waals surface area (Å²) in [7, 11) is -21.9. The minimum Gasteiger partial charge on any atom is -0.255 e. The number of hydrogen-bond acceptors (Lipinski definition) is 2. The first-order valence-electron chi connectivity index (χ1n) is 16.0. The third-order valence-electron chi connectivity index (χ3n) is 6.63. The van der Waals surface area contributed by atoms with E-state index in [0.717, 1.165) is 11.4 Å². The van der Waals surface area contributed by atoms with Crippen LogP contribution in [0.2, 0.25) is 0 Å². The topological polar surface area (TPSA) is 25.8 Å². The van der Waals surface area contributed by atoms with E-state index < -0.39 is 15.6 Å². The summed E-state index contributed by atoms with van der Waals surface area (Å²) in [4.78, 5) is 8.37. The molecule has 0 aliphatic carbocycles. The standard InChI is InChI=1S/C27H26P2.C10H8N2.2F6P.Pd/c1-5-14-24(15-6-1)28(25-16-7-2-8-17-25)22-13-23-29(26-18-9-3-10-19-26)27-20-11-4-12-21-27;1-3-7-11-9(5-1)10-6-2-4-8-12-10;2*1-7(2,3,4,5)6;/h1-12,14-21H,13,22-23H2;1-8H;;;/q;;2*-1;+2. The fourth-order valence-corrected chi connectivity index (χ4v) is 9.62. The number of halogens is 12. The van der Waals surface area contributed by atoms with Gasteiger partial charge >= 0.3 is 86.4 Å². The van der Waals surface area contributed by atoms with E-state index in [1.165, 1.54) is 40.0 Å². The molecule has 0 amide bonds. The molecule has 6 aromatic rings. The van der Waals surface area contributed by atoms with Crippen molar-refractivity contribution in [3.05, 3.63) is 170 Å². The van der Waals surface area contributed by atoms with Crippen molar-refractivity contribution >= 4 is 52.7 Å². The number of benzene rings is 4. The predicted octanol–water partition coefficient (Wildman–Crippen LogP) is 14.5. The van der Waals surface area contributed by atoms with E-state index in [9.17, 15) is 50.4 Å². The molecule has 2 nitrogen and oxygen atoms in total. The van der Waals surface area contributed by atoms with Gasteiger partial charge in [0.25, 0.3) is 0 Å². The monoisotopic (exact) mass is 964 g/mol. The summed E-state index contributed by atoms with van der Waals surface area (Å²) in [5.74, 6) is 0. The Hall–Kier alpha value is -3.28. The van der Waals surface area contributed by atoms with Crippen LogP contribution < -0.4 is 21.2 Å². The molecule has 6 rings (SSSR count). The number of pyridine rings is 2. The van der Waals surface area contributed by atoms with Gasteiger partial charge < -0.3 is 0 Å². The van der Waals surface area contributed by atoms with E-state index >= 15 is 0 Å². The second-order valence-electron chi connectivity index (χ2n) is 11.3. The fraction of sp³-hybridized carbons (Fsp3) is 0.0811. The van der Waals surface area contributed by atoms with Gasteiger partial charge in [0.15, 0.2) is 0 Å². The quantitative estimate of drug-likeness (QED) is 0.0820. The Morgan fingerprint density at radius 1 is 0.339 bits per heavy atom. The molecule has 0 unspecified atom stereocenters. The first-order chi connectivity index (χ1) is 25.3. The van der Waals surface area contributed by atoms with Gasteiger partial charge in [0.1, 0.15) is 0 Å². The summed E-state index contributed by atoms with van der Waals surface area (Å²) in [6.45, 7) is 0. The maximum Gasteiger partial charge on any atom is 2.00 e. The number of nitrogens with zero attached hydrogens (tertiary/aromatic N) is 2. The van der Waals surface area contributed by atoms with Gasteiger partial charge in [-0.2, -0.15) is 0 Å². The van der Waals surface area contributed by atoms with Crippen LogP contribution in [0.4, 0.5) is 50.4 Å². The number of hydrogen-bond donors (Lipinski definition) is 0. The zero-order valence-corrected chi connectivity index (χ0v) is 34.0. The van der Waals surface area contributed by atoms with Crippen molar-refractivity contribution in [3.8, 4) is 11.4 Å². The molecule has 0 saturated carbocycles. The maximum absolute atomic E-state index is 10.7. The molecule has 19 heteroatoms. The third-order valence-corrected chi connectivity index (χ3v) is 11.8. The van der Waals surface area contributed by atoms with Crippen molar-refractivity contribution in [3.63, 3.8) is 0 Å². The van der Waals surface area contributed by atoms with Crippen molar-refractivity contribution in [2.75, 3.05) is 12.3 Å². The van der Waals surface area contributed by atoms with Crippen LogP contribution in [-0.2, 0) is 20.4 Å². The van der Waals surface area contributed by atoms with Gasteiger partial charge in [0.05, 0.1) is 11.4 Å². The molecule has 2 heterocycles. The first kappa shape index (κ1) is 48.9. The molecule has 306 valence electrons. The van der Waals surface area contributed by atoms with Gasteiger partial charge in [0.2, 0.25) is 0 Å². The van der Waals surface area contributed by atoms with Gasteiger partial charge in [-0.25, -0.2) is 0 Å². The van der Waals surface area contributed by atoms with E-state index in [1.54, 1.807) is 12.4 Å². The van der Waals surface area contributed by atoms with E-state index in [4.69, 9.17) is 0 Å². The minimum absolute atomic E-state index is 0. The van der Waals surface area contributed by atoms with E-state index in [0.29, 0.717) is 0 Å². The molecule has 0 fully saturated rings. The van der Waals surface area contributed by atoms with Crippen molar-refractivity contribution in [2.24, 2.45) is 0 Å². The van der Waals surface area contributed by atoms with Crippen LogP contribution in [0.1, 0.15) is 6.42 Å². The Balaban J connectivity index is 0.000000328. The van der Waals surface area contributed by atoms with Crippen LogP contribution in [0.15, 0.2) is 170 Å². The van der Waals surface area contributed by atoms with Crippen LogP contribution in [0.25, 0.3) is 11.4 Å². The van der Waals surface area contributed by atoms with Gasteiger partial charge in [-0.1, -0.05) is 133 Å². The Morgan fingerprint density at radius 2 is 0.554 bits per heavy atom. The zero-order valence-electron chi connectivity index (χ0n) is 28.8. The maximum atomic E-state index is 9.87. The summed E-state index contributed by atoms with van der Waals surface area (Å²) in [5.41, 5.74) is 1.83. The molecule has 0 N–H and O–H groups in total. The van der Waals surface area contributed by atoms with E-state index in [1.807, 2.05) is 36.4 Å². The predicted molar refractivity (Wildman–Crippen MR) is 207 cm³/mol. The second kappa shape index (κ2) is 19.0. The molecular formula is C37H34F12N2P4Pd. The summed E-state index contributed by atoms with van der Waals surface area (Å²) in [5, 5.41) is 5.94. The largest absolute Gasteiger partial charge is 2.00 e. The van der Waals surface area contributed by atoms with Gasteiger partial charge in [-0.05, 0) is 80.1 Å². The zero-order chi connectivity index (χ0) is 40.8. The van der Waals surface area contributed by atoms with Crippen LogP contribution in [-0.4, -0.2) is 22.3 Å². The normalized spacial score (nSPS) is 13.6. The van der Waals surface area contributed by atoms with Crippen LogP contribution in [0, 0.1) is 0 Å². The molecule has 0 spiro atoms. The molecule has 0 aliphatic heterocycles. The van der Waals surface area contributed by atoms with Gasteiger partial charge in [0, 0.05) is 12.4 Å². The second-order valence-corrected chi connectivity index (χ2v) is 19.9. The van der Waals surface area contributed by atoms with Crippen LogP contribution in [0.5, 0.6) is 0 Å². The van der Waals surface area contributed by atoms with E-state index in [-0.39, 0.29) is 36.3 Å². The average Bonchev–Trinajstić information content (AvgIpc) is 3.12. The Labute approximate surface area is 332 Å².